The number of hydrogen-bond acceptors (Lipinski definition) is 10. The van der Waals surface area contributed by atoms with E-state index in [9.17, 15) is 9.59 Å². The topological polar surface area (TPSA) is 141 Å². The number of nitrogens with zero attached hydrogens (tertiary/aromatic N) is 4. The quantitative estimate of drug-likeness (QED) is 0.268. The van der Waals surface area contributed by atoms with E-state index in [0.29, 0.717) is 56.5 Å². The Morgan fingerprint density at radius 2 is 2.11 bits per heavy atom. The zero-order valence-corrected chi connectivity index (χ0v) is 20.2. The van der Waals surface area contributed by atoms with E-state index in [1.54, 1.807) is 23.1 Å². The first-order chi connectivity index (χ1) is 17.5. The van der Waals surface area contributed by atoms with Gasteiger partial charge >= 0.3 is 0 Å². The van der Waals surface area contributed by atoms with Crippen LogP contribution in [0.3, 0.4) is 0 Å². The molecule has 3 aliphatic rings. The molecule has 0 radical (unpaired) electrons. The van der Waals surface area contributed by atoms with Crippen LogP contribution in [0.25, 0.3) is 10.2 Å². The van der Waals surface area contributed by atoms with Crippen LogP contribution >= 0.6 is 11.3 Å². The number of amides is 2. The number of fused-ring (bicyclic) bond motifs is 2. The molecule has 2 aliphatic heterocycles. The van der Waals surface area contributed by atoms with Gasteiger partial charge in [0, 0.05) is 30.0 Å². The average Bonchev–Trinajstić information content (AvgIpc) is 3.22. The summed E-state index contributed by atoms with van der Waals surface area (Å²) in [7, 11) is 0. The molecule has 186 valence electrons. The number of carbonyl (C=O) groups is 2. The van der Waals surface area contributed by atoms with Crippen LogP contribution in [0, 0.1) is 0 Å². The van der Waals surface area contributed by atoms with Crippen LogP contribution in [0.1, 0.15) is 46.6 Å². The van der Waals surface area contributed by atoms with Crippen LogP contribution in [0.5, 0.6) is 11.5 Å². The van der Waals surface area contributed by atoms with Crippen LogP contribution in [0.2, 0.25) is 0 Å². The number of rotatable bonds is 8. The second kappa shape index (κ2) is 9.26. The van der Waals surface area contributed by atoms with Gasteiger partial charge in [-0.25, -0.2) is 9.97 Å². The summed E-state index contributed by atoms with van der Waals surface area (Å²) in [5.41, 5.74) is 7.58. The van der Waals surface area contributed by atoms with Crippen molar-refractivity contribution in [2.24, 2.45) is 5.16 Å². The van der Waals surface area contributed by atoms with E-state index in [1.165, 1.54) is 11.3 Å². The standard InChI is InChI=1S/C24H24N6O5S/c25-24-27-21(15-11-18(36-23(15)28-24)22(32)26-14-4-5-14)20(13-3-6-16-17(10-13)34-12-33-16)29-35-9-8-30-7-1-2-19(30)31/h3,6,10-11,14H,1-2,4-5,7-9,12H2,(H,26,32)(H2,25,27,28)/b29-20+. The lowest BCUT2D eigenvalue weighted by Gasteiger charge is -2.14. The Labute approximate surface area is 210 Å². The number of oxime groups is 1. The molecule has 1 saturated heterocycles. The van der Waals surface area contributed by atoms with Gasteiger partial charge in [-0.15, -0.1) is 11.3 Å². The van der Waals surface area contributed by atoms with E-state index < -0.39 is 0 Å². The van der Waals surface area contributed by atoms with Crippen molar-refractivity contribution in [1.29, 1.82) is 0 Å². The Bertz CT molecular complexity index is 1380. The molecule has 1 aliphatic carbocycles. The van der Waals surface area contributed by atoms with Crippen molar-refractivity contribution in [1.82, 2.24) is 20.2 Å². The van der Waals surface area contributed by atoms with Gasteiger partial charge < -0.3 is 30.3 Å². The van der Waals surface area contributed by atoms with Crippen LogP contribution in [-0.2, 0) is 9.63 Å². The molecule has 4 heterocycles. The minimum absolute atomic E-state index is 0.0598. The summed E-state index contributed by atoms with van der Waals surface area (Å²) in [4.78, 5) is 42.0. The lowest BCUT2D eigenvalue weighted by Crippen LogP contribution is -2.28. The first kappa shape index (κ1) is 22.5. The molecule has 3 N–H and O–H groups in total. The molecule has 36 heavy (non-hydrogen) atoms. The maximum absolute atomic E-state index is 12.7. The van der Waals surface area contributed by atoms with E-state index >= 15 is 0 Å². The normalized spacial score (nSPS) is 17.2. The van der Waals surface area contributed by atoms with Crippen molar-refractivity contribution in [3.63, 3.8) is 0 Å². The van der Waals surface area contributed by atoms with Gasteiger partial charge in [0.2, 0.25) is 18.6 Å². The van der Waals surface area contributed by atoms with Gasteiger partial charge in [-0.2, -0.15) is 0 Å². The number of nitrogen functional groups attached to an aromatic ring is 1. The molecule has 0 bridgehead atoms. The molecule has 11 nitrogen and oxygen atoms in total. The third kappa shape index (κ3) is 4.51. The number of likely N-dealkylation sites (tertiary alicyclic amines) is 1. The number of thiophene rings is 1. The zero-order chi connectivity index (χ0) is 24.6. The van der Waals surface area contributed by atoms with E-state index in [-0.39, 0.29) is 37.2 Å². The second-order valence-corrected chi connectivity index (χ2v) is 9.86. The van der Waals surface area contributed by atoms with Crippen LogP contribution in [-0.4, -0.2) is 64.9 Å². The van der Waals surface area contributed by atoms with Gasteiger partial charge in [-0.05, 0) is 43.5 Å². The molecule has 1 saturated carbocycles. The van der Waals surface area contributed by atoms with Gasteiger partial charge in [0.05, 0.1) is 11.4 Å². The molecule has 3 aromatic rings. The highest BCUT2D eigenvalue weighted by Gasteiger charge is 2.27. The number of hydrogen-bond donors (Lipinski definition) is 2. The molecular formula is C24H24N6O5S. The fraction of sp³-hybridized carbons (Fsp3) is 0.375. The number of aromatic nitrogens is 2. The first-order valence-corrected chi connectivity index (χ1v) is 12.6. The summed E-state index contributed by atoms with van der Waals surface area (Å²) in [6.07, 6.45) is 3.42. The molecule has 6 rings (SSSR count). The Kier molecular flexibility index (Phi) is 5.80. The van der Waals surface area contributed by atoms with Gasteiger partial charge in [-0.1, -0.05) is 5.16 Å². The van der Waals surface area contributed by atoms with Crippen molar-refractivity contribution >= 4 is 45.0 Å². The molecule has 12 heteroatoms. The molecule has 0 unspecified atom stereocenters. The van der Waals surface area contributed by atoms with Gasteiger partial charge in [0.15, 0.2) is 11.5 Å². The lowest BCUT2D eigenvalue weighted by atomic mass is 10.0. The van der Waals surface area contributed by atoms with Crippen molar-refractivity contribution in [2.45, 2.75) is 31.7 Å². The first-order valence-electron chi connectivity index (χ1n) is 11.8. The van der Waals surface area contributed by atoms with Crippen LogP contribution < -0.4 is 20.5 Å². The van der Waals surface area contributed by atoms with E-state index in [1.807, 2.05) is 6.07 Å². The van der Waals surface area contributed by atoms with Crippen LogP contribution in [0.4, 0.5) is 5.95 Å². The van der Waals surface area contributed by atoms with Crippen molar-refractivity contribution < 1.29 is 23.9 Å². The molecule has 1 aromatic carbocycles. The number of nitrogens with two attached hydrogens (primary N) is 1. The number of ether oxygens (including phenoxy) is 2. The summed E-state index contributed by atoms with van der Waals surface area (Å²) < 4.78 is 11.0. The Morgan fingerprint density at radius 1 is 1.25 bits per heavy atom. The fourth-order valence-electron chi connectivity index (χ4n) is 4.19. The molecule has 0 spiro atoms. The third-order valence-corrected chi connectivity index (χ3v) is 7.22. The summed E-state index contributed by atoms with van der Waals surface area (Å²) in [5, 5.41) is 8.06. The van der Waals surface area contributed by atoms with E-state index in [2.05, 4.69) is 20.4 Å². The van der Waals surface area contributed by atoms with Crippen molar-refractivity contribution in [2.75, 3.05) is 32.2 Å². The monoisotopic (exact) mass is 508 g/mol. The third-order valence-electron chi connectivity index (χ3n) is 6.20. The molecular weight excluding hydrogens is 484 g/mol. The average molecular weight is 509 g/mol. The predicted octanol–water partition coefficient (Wildman–Crippen LogP) is 2.29. The SMILES string of the molecule is Nc1nc(/C(=N/OCCN2CCCC2=O)c2ccc3c(c2)OCO3)c2cc(C(=O)NC3CC3)sc2n1. The maximum Gasteiger partial charge on any atom is 0.261 e. The minimum atomic E-state index is -0.141. The van der Waals surface area contributed by atoms with E-state index in [4.69, 9.17) is 20.0 Å². The van der Waals surface area contributed by atoms with Gasteiger partial charge in [0.1, 0.15) is 22.8 Å². The fourth-order valence-corrected chi connectivity index (χ4v) is 5.13. The van der Waals surface area contributed by atoms with Gasteiger partial charge in [0.25, 0.3) is 5.91 Å². The number of benzene rings is 1. The maximum atomic E-state index is 12.7. The lowest BCUT2D eigenvalue weighted by molar-refractivity contribution is -0.128. The Hall–Kier alpha value is -3.93. The summed E-state index contributed by atoms with van der Waals surface area (Å²) in [6.45, 7) is 1.54. The van der Waals surface area contributed by atoms with E-state index in [0.717, 1.165) is 25.8 Å². The highest BCUT2D eigenvalue weighted by Crippen LogP contribution is 2.35. The molecule has 2 aromatic heterocycles. The van der Waals surface area contributed by atoms with Crippen LogP contribution in [0.15, 0.2) is 29.4 Å². The van der Waals surface area contributed by atoms with Gasteiger partial charge in [-0.3, -0.25) is 9.59 Å². The highest BCUT2D eigenvalue weighted by molar-refractivity contribution is 7.20. The summed E-state index contributed by atoms with van der Waals surface area (Å²) in [6, 6.07) is 7.42. The molecule has 0 atom stereocenters. The summed E-state index contributed by atoms with van der Waals surface area (Å²) >= 11 is 1.25. The number of carbonyl (C=O) groups excluding carboxylic acids is 2. The second-order valence-electron chi connectivity index (χ2n) is 8.83. The smallest absolute Gasteiger partial charge is 0.261 e. The number of nitrogens with one attached hydrogen (secondary N) is 1. The molecule has 2 fully saturated rings. The highest BCUT2D eigenvalue weighted by atomic mass is 32.1. The predicted molar refractivity (Wildman–Crippen MR) is 132 cm³/mol. The molecule has 2 amide bonds. The largest absolute Gasteiger partial charge is 0.454 e. The Balaban J connectivity index is 1.36. The van der Waals surface area contributed by atoms with Crippen molar-refractivity contribution in [3.8, 4) is 11.5 Å². The zero-order valence-electron chi connectivity index (χ0n) is 19.4. The summed E-state index contributed by atoms with van der Waals surface area (Å²) in [5.74, 6) is 1.26. The van der Waals surface area contributed by atoms with Crippen molar-refractivity contribution in [3.05, 3.63) is 40.4 Å². The minimum Gasteiger partial charge on any atom is -0.454 e. The number of anilines is 1. The Morgan fingerprint density at radius 3 is 2.92 bits per heavy atom.